The molecule has 0 radical (unpaired) electrons. The van der Waals surface area contributed by atoms with Gasteiger partial charge < -0.3 is 14.8 Å². The van der Waals surface area contributed by atoms with E-state index < -0.39 is 0 Å². The van der Waals surface area contributed by atoms with Crippen LogP contribution < -0.4 is 10.1 Å². The first kappa shape index (κ1) is 14.0. The minimum Gasteiger partial charge on any atom is -0.497 e. The van der Waals surface area contributed by atoms with Crippen molar-refractivity contribution in [1.82, 2.24) is 5.32 Å². The van der Waals surface area contributed by atoms with Gasteiger partial charge in [-0.15, -0.1) is 0 Å². The Morgan fingerprint density at radius 1 is 1.22 bits per heavy atom. The molecule has 0 spiro atoms. The summed E-state index contributed by atoms with van der Waals surface area (Å²) in [6, 6.07) is 6.79. The quantitative estimate of drug-likeness (QED) is 0.804. The van der Waals surface area contributed by atoms with Gasteiger partial charge in [0.25, 0.3) is 0 Å². The normalized spacial score (nSPS) is 11.5. The molecule has 1 rings (SSSR count). The Bertz CT molecular complexity index is 414. The molecule has 0 aliphatic heterocycles. The number of ether oxygens (including phenoxy) is 2. The minimum absolute atomic E-state index is 0.0996. The Hall–Kier alpha value is -2.04. The summed E-state index contributed by atoms with van der Waals surface area (Å²) >= 11 is 0. The van der Waals surface area contributed by atoms with Crippen molar-refractivity contribution in [1.29, 1.82) is 0 Å². The number of amides is 1. The zero-order valence-electron chi connectivity index (χ0n) is 10.7. The van der Waals surface area contributed by atoms with Gasteiger partial charge in [-0.05, 0) is 17.7 Å². The second-order valence-corrected chi connectivity index (χ2v) is 3.81. The number of benzene rings is 1. The SMILES string of the molecule is COC(=O)C[C@@H](NC(C)=O)c1ccc(OC)cc1. The van der Waals surface area contributed by atoms with Gasteiger partial charge in [-0.2, -0.15) is 0 Å². The molecule has 1 aromatic carbocycles. The van der Waals surface area contributed by atoms with E-state index in [1.807, 2.05) is 12.1 Å². The number of nitrogens with one attached hydrogen (secondary N) is 1. The molecule has 0 aliphatic carbocycles. The summed E-state index contributed by atoms with van der Waals surface area (Å²) in [4.78, 5) is 22.4. The fraction of sp³-hybridized carbons (Fsp3) is 0.385. The van der Waals surface area contributed by atoms with E-state index in [-0.39, 0.29) is 24.3 Å². The van der Waals surface area contributed by atoms with E-state index >= 15 is 0 Å². The number of methoxy groups -OCH3 is 2. The molecule has 5 heteroatoms. The standard InChI is InChI=1S/C13H17NO4/c1-9(15)14-12(8-13(16)18-3)10-4-6-11(17-2)7-5-10/h4-7,12H,8H2,1-3H3,(H,14,15)/t12-/m1/s1. The summed E-state index contributed by atoms with van der Waals surface area (Å²) in [5.41, 5.74) is 0.830. The van der Waals surface area contributed by atoms with Crippen molar-refractivity contribution >= 4 is 11.9 Å². The van der Waals surface area contributed by atoms with Crippen LogP contribution >= 0.6 is 0 Å². The molecule has 98 valence electrons. The summed E-state index contributed by atoms with van der Waals surface area (Å²) in [5.74, 6) is 0.155. The minimum atomic E-state index is -0.388. The summed E-state index contributed by atoms with van der Waals surface area (Å²) in [5, 5.41) is 2.72. The predicted octanol–water partition coefficient (Wildman–Crippen LogP) is 1.44. The highest BCUT2D eigenvalue weighted by Gasteiger charge is 2.17. The van der Waals surface area contributed by atoms with Gasteiger partial charge in [0.1, 0.15) is 5.75 Å². The molecule has 1 amide bonds. The Balaban J connectivity index is 2.86. The van der Waals surface area contributed by atoms with Crippen molar-refractivity contribution in [3.05, 3.63) is 29.8 Å². The predicted molar refractivity (Wildman–Crippen MR) is 66.2 cm³/mol. The van der Waals surface area contributed by atoms with E-state index in [0.717, 1.165) is 11.3 Å². The monoisotopic (exact) mass is 251 g/mol. The van der Waals surface area contributed by atoms with Gasteiger partial charge in [0.2, 0.25) is 5.91 Å². The maximum absolute atomic E-state index is 11.3. The van der Waals surface area contributed by atoms with Crippen molar-refractivity contribution in [2.75, 3.05) is 14.2 Å². The van der Waals surface area contributed by atoms with Crippen molar-refractivity contribution in [2.24, 2.45) is 0 Å². The smallest absolute Gasteiger partial charge is 0.307 e. The van der Waals surface area contributed by atoms with Gasteiger partial charge in [0.05, 0.1) is 26.7 Å². The van der Waals surface area contributed by atoms with Crippen LogP contribution in [0.5, 0.6) is 5.75 Å². The van der Waals surface area contributed by atoms with Gasteiger partial charge in [-0.1, -0.05) is 12.1 Å². The molecule has 0 fully saturated rings. The number of rotatable bonds is 5. The van der Waals surface area contributed by atoms with E-state index in [4.69, 9.17) is 4.74 Å². The van der Waals surface area contributed by atoms with Gasteiger partial charge in [0.15, 0.2) is 0 Å². The van der Waals surface area contributed by atoms with E-state index in [1.54, 1.807) is 19.2 Å². The lowest BCUT2D eigenvalue weighted by atomic mass is 10.0. The van der Waals surface area contributed by atoms with E-state index in [1.165, 1.54) is 14.0 Å². The first-order chi connectivity index (χ1) is 8.56. The summed E-state index contributed by atoms with van der Waals surface area (Å²) in [7, 11) is 2.90. The second kappa shape index (κ2) is 6.64. The number of hydrogen-bond acceptors (Lipinski definition) is 4. The fourth-order valence-electron chi connectivity index (χ4n) is 1.58. The molecular weight excluding hydrogens is 234 g/mol. The maximum atomic E-state index is 11.3. The number of hydrogen-bond donors (Lipinski definition) is 1. The molecule has 1 N–H and O–H groups in total. The largest absolute Gasteiger partial charge is 0.497 e. The lowest BCUT2D eigenvalue weighted by Gasteiger charge is -2.17. The average Bonchev–Trinajstić information content (AvgIpc) is 2.37. The second-order valence-electron chi connectivity index (χ2n) is 3.81. The molecule has 0 bridgehead atoms. The fourth-order valence-corrected chi connectivity index (χ4v) is 1.58. The van der Waals surface area contributed by atoms with Crippen molar-refractivity contribution in [2.45, 2.75) is 19.4 Å². The number of esters is 1. The highest BCUT2D eigenvalue weighted by Crippen LogP contribution is 2.20. The Kier molecular flexibility index (Phi) is 5.17. The van der Waals surface area contributed by atoms with Gasteiger partial charge in [0, 0.05) is 6.92 Å². The molecule has 0 aliphatic rings. The van der Waals surface area contributed by atoms with Crippen molar-refractivity contribution in [3.8, 4) is 5.75 Å². The first-order valence-electron chi connectivity index (χ1n) is 5.54. The molecule has 1 atom stereocenters. The zero-order chi connectivity index (χ0) is 13.5. The van der Waals surface area contributed by atoms with E-state index in [9.17, 15) is 9.59 Å². The lowest BCUT2D eigenvalue weighted by molar-refractivity contribution is -0.141. The highest BCUT2D eigenvalue weighted by atomic mass is 16.5. The third-order valence-corrected chi connectivity index (χ3v) is 2.49. The summed E-state index contributed by atoms with van der Waals surface area (Å²) in [6.45, 7) is 1.41. The van der Waals surface area contributed by atoms with E-state index in [0.29, 0.717) is 0 Å². The lowest BCUT2D eigenvalue weighted by Crippen LogP contribution is -2.28. The van der Waals surface area contributed by atoms with Crippen LogP contribution in [0.25, 0.3) is 0 Å². The van der Waals surface area contributed by atoms with Crippen LogP contribution in [0.15, 0.2) is 24.3 Å². The molecule has 0 aromatic heterocycles. The average molecular weight is 251 g/mol. The van der Waals surface area contributed by atoms with Crippen LogP contribution in [0.1, 0.15) is 24.9 Å². The van der Waals surface area contributed by atoms with Crippen LogP contribution in [-0.2, 0) is 14.3 Å². The Morgan fingerprint density at radius 3 is 2.28 bits per heavy atom. The van der Waals surface area contributed by atoms with Crippen molar-refractivity contribution < 1.29 is 19.1 Å². The Morgan fingerprint density at radius 2 is 1.83 bits per heavy atom. The van der Waals surface area contributed by atoms with Crippen LogP contribution in [0.2, 0.25) is 0 Å². The molecular formula is C13H17NO4. The third kappa shape index (κ3) is 4.08. The first-order valence-corrected chi connectivity index (χ1v) is 5.54. The molecule has 5 nitrogen and oxygen atoms in total. The van der Waals surface area contributed by atoms with E-state index in [2.05, 4.69) is 10.1 Å². The van der Waals surface area contributed by atoms with Gasteiger partial charge in [-0.25, -0.2) is 0 Å². The topological polar surface area (TPSA) is 64.6 Å². The van der Waals surface area contributed by atoms with Crippen LogP contribution in [0.3, 0.4) is 0 Å². The third-order valence-electron chi connectivity index (χ3n) is 2.49. The number of carbonyl (C=O) groups excluding carboxylic acids is 2. The maximum Gasteiger partial charge on any atom is 0.307 e. The Labute approximate surface area is 106 Å². The highest BCUT2D eigenvalue weighted by molar-refractivity contribution is 5.75. The van der Waals surface area contributed by atoms with Gasteiger partial charge in [-0.3, -0.25) is 9.59 Å². The molecule has 0 heterocycles. The van der Waals surface area contributed by atoms with Crippen LogP contribution in [-0.4, -0.2) is 26.1 Å². The molecule has 18 heavy (non-hydrogen) atoms. The zero-order valence-corrected chi connectivity index (χ0v) is 10.7. The summed E-state index contributed by atoms with van der Waals surface area (Å²) in [6.07, 6.45) is 0.0996. The molecule has 0 saturated heterocycles. The van der Waals surface area contributed by atoms with Crippen molar-refractivity contribution in [3.63, 3.8) is 0 Å². The summed E-state index contributed by atoms with van der Waals surface area (Å²) < 4.78 is 9.67. The van der Waals surface area contributed by atoms with Crippen LogP contribution in [0.4, 0.5) is 0 Å². The van der Waals surface area contributed by atoms with Crippen LogP contribution in [0, 0.1) is 0 Å². The van der Waals surface area contributed by atoms with Gasteiger partial charge >= 0.3 is 5.97 Å². The molecule has 1 aromatic rings. The number of carbonyl (C=O) groups is 2. The molecule has 0 unspecified atom stereocenters. The molecule has 0 saturated carbocycles.